The first-order chi connectivity index (χ1) is 9.11. The second-order valence-corrected chi connectivity index (χ2v) is 3.89. The van der Waals surface area contributed by atoms with E-state index < -0.39 is 17.8 Å². The number of hydrogen-bond acceptors (Lipinski definition) is 4. The molecule has 0 bridgehead atoms. The van der Waals surface area contributed by atoms with Gasteiger partial charge < -0.3 is 15.4 Å². The van der Waals surface area contributed by atoms with Gasteiger partial charge in [0, 0.05) is 0 Å². The fraction of sp³-hybridized carbons (Fsp3) is 0.250. The van der Waals surface area contributed by atoms with Gasteiger partial charge in [-0.15, -0.1) is 0 Å². The molecule has 0 spiro atoms. The minimum Gasteiger partial charge on any atom is -0.495 e. The van der Waals surface area contributed by atoms with Crippen molar-refractivity contribution in [3.63, 3.8) is 0 Å². The minimum atomic E-state index is -0.555. The van der Waals surface area contributed by atoms with Crippen LogP contribution in [0.4, 0.5) is 10.5 Å². The van der Waals surface area contributed by atoms with E-state index in [9.17, 15) is 14.4 Å². The third kappa shape index (κ3) is 2.82. The van der Waals surface area contributed by atoms with Crippen LogP contribution in [0.2, 0.25) is 0 Å². The van der Waals surface area contributed by atoms with Gasteiger partial charge in [-0.25, -0.2) is 4.79 Å². The van der Waals surface area contributed by atoms with Crippen LogP contribution in [0.1, 0.15) is 0 Å². The van der Waals surface area contributed by atoms with Crippen molar-refractivity contribution in [2.75, 3.05) is 25.5 Å². The number of benzene rings is 1. The van der Waals surface area contributed by atoms with Crippen molar-refractivity contribution in [1.29, 1.82) is 0 Å². The highest BCUT2D eigenvalue weighted by atomic mass is 16.5. The maximum absolute atomic E-state index is 11.8. The molecule has 1 heterocycles. The molecule has 2 N–H and O–H groups in total. The van der Waals surface area contributed by atoms with Crippen molar-refractivity contribution in [3.05, 3.63) is 24.3 Å². The molecule has 0 atom stereocenters. The van der Waals surface area contributed by atoms with E-state index in [1.807, 2.05) is 0 Å². The first-order valence-electron chi connectivity index (χ1n) is 5.63. The van der Waals surface area contributed by atoms with Crippen molar-refractivity contribution in [2.45, 2.75) is 0 Å². The molecule has 0 radical (unpaired) electrons. The fourth-order valence-corrected chi connectivity index (χ4v) is 1.70. The SMILES string of the molecule is COc1ccccc1NC(=O)CN1C(=O)CNC1=O. The molecule has 7 nitrogen and oxygen atoms in total. The molecule has 4 amide bonds. The Bertz CT molecular complexity index is 513. The number of nitrogens with zero attached hydrogens (tertiary/aromatic N) is 1. The Hall–Kier alpha value is -2.57. The number of urea groups is 1. The summed E-state index contributed by atoms with van der Waals surface area (Å²) >= 11 is 0. The number of methoxy groups -OCH3 is 1. The predicted octanol–water partition coefficient (Wildman–Crippen LogP) is 0.185. The molecule has 2 rings (SSSR count). The number of para-hydroxylation sites is 2. The molecule has 19 heavy (non-hydrogen) atoms. The average Bonchev–Trinajstić information content (AvgIpc) is 2.71. The standard InChI is InChI=1S/C12H13N3O4/c1-19-9-5-3-2-4-8(9)14-10(16)7-15-11(17)6-13-12(15)18/h2-5H,6-7H2,1H3,(H,13,18)(H,14,16). The number of imide groups is 1. The van der Waals surface area contributed by atoms with Gasteiger partial charge in [-0.3, -0.25) is 14.5 Å². The summed E-state index contributed by atoms with van der Waals surface area (Å²) in [5.41, 5.74) is 0.488. The highest BCUT2D eigenvalue weighted by molar-refractivity contribution is 6.06. The molecular formula is C12H13N3O4. The molecule has 1 fully saturated rings. The first kappa shape index (κ1) is 12.9. The largest absolute Gasteiger partial charge is 0.495 e. The smallest absolute Gasteiger partial charge is 0.325 e. The van der Waals surface area contributed by atoms with E-state index in [0.29, 0.717) is 11.4 Å². The Labute approximate surface area is 109 Å². The normalized spacial score (nSPS) is 14.3. The molecule has 0 aromatic heterocycles. The molecule has 100 valence electrons. The fourth-order valence-electron chi connectivity index (χ4n) is 1.70. The Morgan fingerprint density at radius 3 is 2.79 bits per heavy atom. The van der Waals surface area contributed by atoms with E-state index in [2.05, 4.69) is 10.6 Å². The summed E-state index contributed by atoms with van der Waals surface area (Å²) in [4.78, 5) is 35.3. The van der Waals surface area contributed by atoms with Crippen molar-refractivity contribution >= 4 is 23.5 Å². The number of carbonyl (C=O) groups excluding carboxylic acids is 3. The van der Waals surface area contributed by atoms with Gasteiger partial charge >= 0.3 is 6.03 Å². The monoisotopic (exact) mass is 263 g/mol. The van der Waals surface area contributed by atoms with Crippen LogP contribution in [0.3, 0.4) is 0 Å². The number of carbonyl (C=O) groups is 3. The van der Waals surface area contributed by atoms with Gasteiger partial charge in [0.2, 0.25) is 5.91 Å². The summed E-state index contributed by atoms with van der Waals surface area (Å²) in [7, 11) is 1.49. The molecule has 1 saturated heterocycles. The number of amides is 4. The van der Waals surface area contributed by atoms with Crippen LogP contribution in [0, 0.1) is 0 Å². The summed E-state index contributed by atoms with van der Waals surface area (Å²) < 4.78 is 5.08. The zero-order valence-corrected chi connectivity index (χ0v) is 10.3. The van der Waals surface area contributed by atoms with E-state index in [0.717, 1.165) is 4.90 Å². The highest BCUT2D eigenvalue weighted by Crippen LogP contribution is 2.22. The number of ether oxygens (including phenoxy) is 1. The van der Waals surface area contributed by atoms with Gasteiger partial charge in [-0.05, 0) is 12.1 Å². The van der Waals surface area contributed by atoms with Crippen LogP contribution in [0.15, 0.2) is 24.3 Å². The Morgan fingerprint density at radius 1 is 1.42 bits per heavy atom. The van der Waals surface area contributed by atoms with Crippen LogP contribution in [-0.4, -0.2) is 42.9 Å². The predicted molar refractivity (Wildman–Crippen MR) is 66.7 cm³/mol. The van der Waals surface area contributed by atoms with E-state index in [4.69, 9.17) is 4.74 Å². The van der Waals surface area contributed by atoms with Crippen molar-refractivity contribution in [3.8, 4) is 5.75 Å². The van der Waals surface area contributed by atoms with Crippen LogP contribution >= 0.6 is 0 Å². The molecule has 0 unspecified atom stereocenters. The van der Waals surface area contributed by atoms with Gasteiger partial charge in [-0.1, -0.05) is 12.1 Å². The molecular weight excluding hydrogens is 250 g/mol. The number of hydrogen-bond donors (Lipinski definition) is 2. The van der Waals surface area contributed by atoms with E-state index in [1.165, 1.54) is 7.11 Å². The third-order valence-corrected chi connectivity index (χ3v) is 2.62. The molecule has 7 heteroatoms. The quantitative estimate of drug-likeness (QED) is 0.759. The highest BCUT2D eigenvalue weighted by Gasteiger charge is 2.30. The van der Waals surface area contributed by atoms with E-state index in [1.54, 1.807) is 24.3 Å². The van der Waals surface area contributed by atoms with Gasteiger partial charge in [-0.2, -0.15) is 0 Å². The van der Waals surface area contributed by atoms with E-state index >= 15 is 0 Å². The second-order valence-electron chi connectivity index (χ2n) is 3.89. The third-order valence-electron chi connectivity index (χ3n) is 2.62. The van der Waals surface area contributed by atoms with Gasteiger partial charge in [0.1, 0.15) is 12.3 Å². The lowest BCUT2D eigenvalue weighted by Gasteiger charge is -2.13. The number of rotatable bonds is 4. The lowest BCUT2D eigenvalue weighted by molar-refractivity contribution is -0.128. The van der Waals surface area contributed by atoms with Gasteiger partial charge in [0.15, 0.2) is 0 Å². The topological polar surface area (TPSA) is 87.7 Å². The first-order valence-corrected chi connectivity index (χ1v) is 5.63. The maximum Gasteiger partial charge on any atom is 0.325 e. The Morgan fingerprint density at radius 2 is 2.16 bits per heavy atom. The van der Waals surface area contributed by atoms with Crippen LogP contribution in [0.25, 0.3) is 0 Å². The summed E-state index contributed by atoms with van der Waals surface area (Å²) in [6, 6.07) is 6.32. The van der Waals surface area contributed by atoms with Crippen LogP contribution in [0.5, 0.6) is 5.75 Å². The molecule has 1 aromatic rings. The second kappa shape index (κ2) is 5.38. The lowest BCUT2D eigenvalue weighted by Crippen LogP contribution is -2.38. The van der Waals surface area contributed by atoms with Crippen molar-refractivity contribution in [1.82, 2.24) is 10.2 Å². The van der Waals surface area contributed by atoms with Crippen molar-refractivity contribution in [2.24, 2.45) is 0 Å². The molecule has 1 aliphatic rings. The molecule has 1 aromatic carbocycles. The zero-order valence-electron chi connectivity index (χ0n) is 10.3. The lowest BCUT2D eigenvalue weighted by atomic mass is 10.3. The van der Waals surface area contributed by atoms with Crippen LogP contribution in [-0.2, 0) is 9.59 Å². The molecule has 0 aliphatic carbocycles. The van der Waals surface area contributed by atoms with Gasteiger partial charge in [0.25, 0.3) is 5.91 Å². The van der Waals surface area contributed by atoms with Crippen molar-refractivity contribution < 1.29 is 19.1 Å². The number of anilines is 1. The average molecular weight is 263 g/mol. The summed E-state index contributed by atoms with van der Waals surface area (Å²) in [6.45, 7) is -0.385. The zero-order chi connectivity index (χ0) is 13.8. The van der Waals surface area contributed by atoms with E-state index in [-0.39, 0.29) is 13.1 Å². The maximum atomic E-state index is 11.8. The molecule has 0 saturated carbocycles. The summed E-state index contributed by atoms with van der Waals surface area (Å²) in [5.74, 6) is -0.372. The Kier molecular flexibility index (Phi) is 3.65. The summed E-state index contributed by atoms with van der Waals surface area (Å²) in [6.07, 6.45) is 0. The van der Waals surface area contributed by atoms with Gasteiger partial charge in [0.05, 0.1) is 19.3 Å². The summed E-state index contributed by atoms with van der Waals surface area (Å²) in [5, 5.41) is 4.94. The van der Waals surface area contributed by atoms with Crippen LogP contribution < -0.4 is 15.4 Å². The number of nitrogens with one attached hydrogen (secondary N) is 2. The Balaban J connectivity index is 2.01. The minimum absolute atomic E-state index is 0.0687. The molecule has 1 aliphatic heterocycles.